The van der Waals surface area contributed by atoms with Crippen molar-refractivity contribution in [2.75, 3.05) is 44.2 Å². The Balaban J connectivity index is 1.32. The Morgan fingerprint density at radius 2 is 1.63 bits per heavy atom. The molecule has 4 rings (SSSR count). The van der Waals surface area contributed by atoms with Gasteiger partial charge in [-0.25, -0.2) is 8.42 Å². The van der Waals surface area contributed by atoms with Gasteiger partial charge in [-0.3, -0.25) is 14.4 Å². The summed E-state index contributed by atoms with van der Waals surface area (Å²) in [6.07, 6.45) is 3.86. The molecule has 2 aliphatic rings. The Kier molecular flexibility index (Phi) is 11.3. The van der Waals surface area contributed by atoms with E-state index in [1.807, 2.05) is 30.0 Å². The van der Waals surface area contributed by atoms with Crippen LogP contribution >= 0.6 is 11.6 Å². The van der Waals surface area contributed by atoms with Crippen LogP contribution in [0.3, 0.4) is 0 Å². The summed E-state index contributed by atoms with van der Waals surface area (Å²) >= 11 is 6.43. The minimum atomic E-state index is -3.45. The Bertz CT molecular complexity index is 1400. The number of nitrogens with zero attached hydrogens (tertiary/aromatic N) is 3. The average Bonchev–Trinajstić information content (AvgIpc) is 3.00. The van der Waals surface area contributed by atoms with E-state index >= 15 is 0 Å². The van der Waals surface area contributed by atoms with Gasteiger partial charge in [0.2, 0.25) is 17.7 Å². The monoisotopic (exact) mass is 630 g/mol. The molecule has 43 heavy (non-hydrogen) atoms. The minimum absolute atomic E-state index is 0.0413. The molecule has 11 heteroatoms. The first kappa shape index (κ1) is 33.0. The van der Waals surface area contributed by atoms with Crippen LogP contribution in [0.5, 0.6) is 0 Å². The zero-order chi connectivity index (χ0) is 31.1. The molecule has 2 aromatic rings. The number of primary amides is 1. The van der Waals surface area contributed by atoms with Crippen molar-refractivity contribution in [2.45, 2.75) is 68.9 Å². The zero-order valence-corrected chi connectivity index (χ0v) is 26.7. The number of carbonyl (C=O) groups excluding carboxylic acids is 3. The molecule has 3 amide bonds. The summed E-state index contributed by atoms with van der Waals surface area (Å²) < 4.78 is 26.6. The maximum absolute atomic E-state index is 13.7. The van der Waals surface area contributed by atoms with Gasteiger partial charge in [-0.1, -0.05) is 29.8 Å². The lowest BCUT2D eigenvalue weighted by Crippen LogP contribution is -2.45. The smallest absolute Gasteiger partial charge is 0.230 e. The molecule has 0 bridgehead atoms. The molecule has 2 fully saturated rings. The maximum Gasteiger partial charge on any atom is 0.230 e. The van der Waals surface area contributed by atoms with E-state index in [2.05, 4.69) is 4.90 Å². The molecule has 2 heterocycles. The topological polar surface area (TPSA) is 121 Å². The van der Waals surface area contributed by atoms with Crippen LogP contribution in [-0.2, 0) is 30.6 Å². The van der Waals surface area contributed by atoms with E-state index in [-0.39, 0.29) is 30.1 Å². The van der Waals surface area contributed by atoms with Crippen LogP contribution in [0.2, 0.25) is 5.02 Å². The van der Waals surface area contributed by atoms with Crippen LogP contribution in [0.25, 0.3) is 0 Å². The number of likely N-dealkylation sites (tertiary alicyclic amines) is 2. The number of rotatable bonds is 11. The molecule has 0 saturated carbocycles. The molecule has 0 radical (unpaired) electrons. The van der Waals surface area contributed by atoms with Crippen molar-refractivity contribution in [2.24, 2.45) is 11.7 Å². The number of aryl methyl sites for hydroxylation is 2. The van der Waals surface area contributed by atoms with E-state index in [9.17, 15) is 22.8 Å². The van der Waals surface area contributed by atoms with Crippen LogP contribution in [-0.4, -0.2) is 80.5 Å². The molecule has 0 unspecified atom stereocenters. The van der Waals surface area contributed by atoms with Gasteiger partial charge in [0.1, 0.15) is 0 Å². The van der Waals surface area contributed by atoms with Crippen molar-refractivity contribution < 1.29 is 22.8 Å². The molecule has 2 aromatic carbocycles. The predicted octanol–water partition coefficient (Wildman–Crippen LogP) is 3.99. The van der Waals surface area contributed by atoms with E-state index in [0.29, 0.717) is 74.7 Å². The average molecular weight is 631 g/mol. The van der Waals surface area contributed by atoms with Crippen molar-refractivity contribution in [3.05, 3.63) is 58.6 Å². The van der Waals surface area contributed by atoms with Gasteiger partial charge in [-0.15, -0.1) is 0 Å². The number of piperidine rings is 2. The summed E-state index contributed by atoms with van der Waals surface area (Å²) in [4.78, 5) is 42.7. The second-order valence-electron chi connectivity index (χ2n) is 11.8. The third kappa shape index (κ3) is 8.58. The maximum atomic E-state index is 13.7. The van der Waals surface area contributed by atoms with Gasteiger partial charge in [0, 0.05) is 49.6 Å². The molecular weight excluding hydrogens is 588 g/mol. The molecule has 234 valence electrons. The molecule has 2 saturated heterocycles. The number of sulfone groups is 1. The summed E-state index contributed by atoms with van der Waals surface area (Å²) in [5, 5.41) is 0.180. The third-order valence-electron chi connectivity index (χ3n) is 8.76. The van der Waals surface area contributed by atoms with Gasteiger partial charge in [-0.2, -0.15) is 0 Å². The molecule has 0 spiro atoms. The lowest BCUT2D eigenvalue weighted by molar-refractivity contribution is -0.133. The molecule has 0 aromatic heterocycles. The highest BCUT2D eigenvalue weighted by Crippen LogP contribution is 2.29. The highest BCUT2D eigenvalue weighted by molar-refractivity contribution is 7.92. The van der Waals surface area contributed by atoms with E-state index in [4.69, 9.17) is 17.3 Å². The number of hydrogen-bond acceptors (Lipinski definition) is 6. The highest BCUT2D eigenvalue weighted by atomic mass is 35.5. The van der Waals surface area contributed by atoms with Crippen molar-refractivity contribution >= 4 is 44.8 Å². The quantitative estimate of drug-likeness (QED) is 0.401. The Labute approximate surface area is 260 Å². The lowest BCUT2D eigenvalue weighted by Gasteiger charge is -2.35. The first-order chi connectivity index (χ1) is 20.5. The number of amides is 3. The molecule has 2 aliphatic heterocycles. The van der Waals surface area contributed by atoms with E-state index < -0.39 is 15.1 Å². The molecule has 0 aliphatic carbocycles. The summed E-state index contributed by atoms with van der Waals surface area (Å²) in [7, 11) is -3.45. The summed E-state index contributed by atoms with van der Waals surface area (Å²) in [5.41, 5.74) is 7.83. The number of anilines is 1. The number of benzene rings is 2. The van der Waals surface area contributed by atoms with Crippen molar-refractivity contribution in [1.29, 1.82) is 0 Å². The number of carbonyl (C=O) groups is 3. The fourth-order valence-corrected chi connectivity index (χ4v) is 7.89. The second kappa shape index (κ2) is 14.7. The molecule has 0 atom stereocenters. The normalized spacial score (nSPS) is 17.1. The SMILES string of the molecule is CC(=O)N1CCC(C(=O)N(CCCN2CCC(S(=O)(=O)c3ccc(CCC(N)=O)cc3)CC2)c2ccc(C)c(Cl)c2)CC1. The summed E-state index contributed by atoms with van der Waals surface area (Å²) in [5.74, 6) is -0.421. The number of nitrogens with two attached hydrogens (primary N) is 1. The Morgan fingerprint density at radius 3 is 2.21 bits per heavy atom. The van der Waals surface area contributed by atoms with Crippen molar-refractivity contribution in [3.63, 3.8) is 0 Å². The van der Waals surface area contributed by atoms with E-state index in [0.717, 1.165) is 29.8 Å². The predicted molar refractivity (Wildman–Crippen MR) is 169 cm³/mol. The molecular formula is C32H43ClN4O5S. The van der Waals surface area contributed by atoms with Crippen LogP contribution in [0.4, 0.5) is 5.69 Å². The first-order valence-corrected chi connectivity index (χ1v) is 17.0. The van der Waals surface area contributed by atoms with Crippen LogP contribution in [0.1, 0.15) is 56.6 Å². The minimum Gasteiger partial charge on any atom is -0.370 e. The van der Waals surface area contributed by atoms with E-state index in [1.165, 1.54) is 0 Å². The first-order valence-electron chi connectivity index (χ1n) is 15.1. The van der Waals surface area contributed by atoms with Crippen molar-refractivity contribution in [3.8, 4) is 0 Å². The van der Waals surface area contributed by atoms with Gasteiger partial charge >= 0.3 is 0 Å². The Morgan fingerprint density at radius 1 is 0.977 bits per heavy atom. The largest absolute Gasteiger partial charge is 0.370 e. The summed E-state index contributed by atoms with van der Waals surface area (Å²) in [6.45, 7) is 7.31. The van der Waals surface area contributed by atoms with Crippen LogP contribution < -0.4 is 10.6 Å². The lowest BCUT2D eigenvalue weighted by atomic mass is 9.94. The zero-order valence-electron chi connectivity index (χ0n) is 25.1. The fourth-order valence-electron chi connectivity index (χ4n) is 5.98. The second-order valence-corrected chi connectivity index (χ2v) is 14.4. The van der Waals surface area contributed by atoms with Gasteiger partial charge in [0.25, 0.3) is 0 Å². The van der Waals surface area contributed by atoms with Gasteiger partial charge < -0.3 is 20.4 Å². The number of halogens is 1. The Hall–Kier alpha value is -2.95. The van der Waals surface area contributed by atoms with Crippen LogP contribution in [0, 0.1) is 12.8 Å². The fraction of sp³-hybridized carbons (Fsp3) is 0.531. The standard InChI is InChI=1S/C32H43ClN4O5S/c1-23-4-8-27(22-30(23)33)37(32(40)26-12-20-36(21-13-26)24(2)38)17-3-16-35-18-14-29(15-19-35)43(41,42)28-9-5-25(6-10-28)7-11-31(34)39/h4-6,8-10,22,26,29H,3,7,11-21H2,1-2H3,(H2,34,39). The summed E-state index contributed by atoms with van der Waals surface area (Å²) in [6, 6.07) is 12.5. The number of hydrogen-bond donors (Lipinski definition) is 1. The van der Waals surface area contributed by atoms with Gasteiger partial charge in [-0.05, 0) is 100 Å². The van der Waals surface area contributed by atoms with Crippen LogP contribution in [0.15, 0.2) is 47.4 Å². The van der Waals surface area contributed by atoms with Crippen molar-refractivity contribution in [1.82, 2.24) is 9.80 Å². The van der Waals surface area contributed by atoms with E-state index in [1.54, 1.807) is 36.1 Å². The molecule has 9 nitrogen and oxygen atoms in total. The molecule has 2 N–H and O–H groups in total. The van der Waals surface area contributed by atoms with Gasteiger partial charge in [0.05, 0.1) is 10.1 Å². The van der Waals surface area contributed by atoms with Gasteiger partial charge in [0.15, 0.2) is 9.84 Å². The third-order valence-corrected chi connectivity index (χ3v) is 11.4. The highest BCUT2D eigenvalue weighted by Gasteiger charge is 2.32.